The molecule has 3 rings (SSSR count). The van der Waals surface area contributed by atoms with Crippen molar-refractivity contribution >= 4 is 23.2 Å². The molecule has 1 aromatic carbocycles. The summed E-state index contributed by atoms with van der Waals surface area (Å²) in [5.41, 5.74) is 0.381. The van der Waals surface area contributed by atoms with Gasteiger partial charge in [-0.2, -0.15) is 0 Å². The Labute approximate surface area is 218 Å². The highest BCUT2D eigenvalue weighted by molar-refractivity contribution is 7.09. The zero-order valence-electron chi connectivity index (χ0n) is 22.3. The molecule has 0 spiro atoms. The van der Waals surface area contributed by atoms with E-state index in [2.05, 4.69) is 25.8 Å². The minimum absolute atomic E-state index is 0.0262. The van der Waals surface area contributed by atoms with E-state index in [9.17, 15) is 14.7 Å². The van der Waals surface area contributed by atoms with Gasteiger partial charge in [0.1, 0.15) is 16.8 Å². The largest absolute Gasteiger partial charge is 0.496 e. The number of carboxylic acids is 1. The predicted molar refractivity (Wildman–Crippen MR) is 142 cm³/mol. The molecule has 2 unspecified atom stereocenters. The Balaban J connectivity index is 2.19. The van der Waals surface area contributed by atoms with Gasteiger partial charge in [-0.3, -0.25) is 4.79 Å². The Kier molecular flexibility index (Phi) is 8.62. The molecule has 1 amide bonds. The second-order valence-electron chi connectivity index (χ2n) is 10.7. The summed E-state index contributed by atoms with van der Waals surface area (Å²) in [6.07, 6.45) is 4.52. The number of benzene rings is 1. The van der Waals surface area contributed by atoms with Crippen molar-refractivity contribution in [3.63, 3.8) is 0 Å². The molecule has 8 heteroatoms. The average Bonchev–Trinajstić information content (AvgIpc) is 3.44. The maximum atomic E-state index is 14.3. The molecule has 0 saturated carbocycles. The van der Waals surface area contributed by atoms with Gasteiger partial charge in [0.15, 0.2) is 5.54 Å². The molecule has 0 fully saturated rings. The molecule has 0 saturated heterocycles. The Hall–Kier alpha value is -2.71. The van der Waals surface area contributed by atoms with Crippen molar-refractivity contribution in [2.24, 2.45) is 5.92 Å². The third-order valence-electron chi connectivity index (χ3n) is 6.33. The maximum absolute atomic E-state index is 14.3. The Morgan fingerprint density at radius 3 is 2.53 bits per heavy atom. The van der Waals surface area contributed by atoms with Crippen LogP contribution in [0.2, 0.25) is 0 Å². The van der Waals surface area contributed by atoms with Crippen LogP contribution >= 0.6 is 11.3 Å². The summed E-state index contributed by atoms with van der Waals surface area (Å²) >= 11 is 1.41. The van der Waals surface area contributed by atoms with Crippen LogP contribution in [0.4, 0.5) is 0 Å². The first-order valence-electron chi connectivity index (χ1n) is 12.4. The van der Waals surface area contributed by atoms with E-state index in [1.165, 1.54) is 16.2 Å². The molecule has 7 nitrogen and oxygen atoms in total. The number of carbonyl (C=O) groups is 2. The summed E-state index contributed by atoms with van der Waals surface area (Å²) in [5.74, 6) is -0.811. The Morgan fingerprint density at radius 2 is 2.00 bits per heavy atom. The summed E-state index contributed by atoms with van der Waals surface area (Å²) in [4.78, 5) is 33.3. The van der Waals surface area contributed by atoms with E-state index < -0.39 is 17.6 Å². The normalized spacial score (nSPS) is 20.1. The van der Waals surface area contributed by atoms with Crippen LogP contribution in [0.1, 0.15) is 81.4 Å². The Bertz CT molecular complexity index is 1100. The van der Waals surface area contributed by atoms with E-state index in [1.54, 1.807) is 31.5 Å². The number of carbonyl (C=O) groups excluding carboxylic acids is 1. The van der Waals surface area contributed by atoms with Gasteiger partial charge in [-0.05, 0) is 53.5 Å². The van der Waals surface area contributed by atoms with Crippen molar-refractivity contribution in [2.45, 2.75) is 71.4 Å². The van der Waals surface area contributed by atoms with Crippen LogP contribution in [0.25, 0.3) is 0 Å². The molecule has 2 atom stereocenters. The fraction of sp³-hybridized carbons (Fsp3) is 0.536. The zero-order chi connectivity index (χ0) is 26.7. The number of carboxylic acid groups (broad SMARTS) is 1. The lowest BCUT2D eigenvalue weighted by molar-refractivity contribution is -0.147. The second-order valence-corrected chi connectivity index (χ2v) is 11.6. The molecule has 196 valence electrons. The summed E-state index contributed by atoms with van der Waals surface area (Å²) in [5, 5.41) is 13.1. The molecular formula is C28H38N2O5S. The van der Waals surface area contributed by atoms with Gasteiger partial charge in [0, 0.05) is 23.7 Å². The van der Waals surface area contributed by atoms with Crippen molar-refractivity contribution in [3.05, 3.63) is 57.6 Å². The molecule has 1 aromatic heterocycles. The van der Waals surface area contributed by atoms with Crippen molar-refractivity contribution in [1.29, 1.82) is 0 Å². The minimum Gasteiger partial charge on any atom is -0.496 e. The van der Waals surface area contributed by atoms with Crippen molar-refractivity contribution in [2.75, 3.05) is 20.3 Å². The quantitative estimate of drug-likeness (QED) is 0.315. The zero-order valence-corrected chi connectivity index (χ0v) is 23.1. The number of hydrogen-bond acceptors (Lipinski definition) is 6. The van der Waals surface area contributed by atoms with Gasteiger partial charge < -0.3 is 19.5 Å². The van der Waals surface area contributed by atoms with Crippen molar-refractivity contribution < 1.29 is 24.2 Å². The van der Waals surface area contributed by atoms with Gasteiger partial charge >= 0.3 is 5.97 Å². The summed E-state index contributed by atoms with van der Waals surface area (Å²) < 4.78 is 11.5. The van der Waals surface area contributed by atoms with Crippen molar-refractivity contribution in [1.82, 2.24) is 9.88 Å². The number of rotatable bonds is 10. The van der Waals surface area contributed by atoms with Crippen LogP contribution < -0.4 is 4.74 Å². The topological polar surface area (TPSA) is 89.0 Å². The van der Waals surface area contributed by atoms with Crippen molar-refractivity contribution in [3.8, 4) is 5.75 Å². The minimum atomic E-state index is -1.53. The molecular weight excluding hydrogens is 476 g/mol. The summed E-state index contributed by atoms with van der Waals surface area (Å²) in [6.45, 7) is 13.0. The van der Waals surface area contributed by atoms with E-state index in [1.807, 2.05) is 32.2 Å². The molecule has 1 aliphatic heterocycles. The first-order chi connectivity index (χ1) is 17.0. The number of methoxy groups -OCH3 is 1. The Morgan fingerprint density at radius 1 is 1.28 bits per heavy atom. The fourth-order valence-electron chi connectivity index (χ4n) is 4.86. The van der Waals surface area contributed by atoms with E-state index in [4.69, 9.17) is 9.47 Å². The van der Waals surface area contributed by atoms with Gasteiger partial charge in [0.2, 0.25) is 0 Å². The molecule has 1 aliphatic rings. The van der Waals surface area contributed by atoms with Crippen LogP contribution in [-0.4, -0.2) is 52.7 Å². The molecule has 0 radical (unpaired) electrons. The van der Waals surface area contributed by atoms with E-state index in [0.717, 1.165) is 17.6 Å². The van der Waals surface area contributed by atoms with Crippen LogP contribution in [0, 0.1) is 5.92 Å². The standard InChI is InChI=1S/C28H38N2O5S/c1-8-12-35-17-20-16-28(26(32)33,15-18(2)3)30(23(20)24-29-11-13-36-24)25(31)19-9-10-21(27(4,5)6)22(14-19)34-7/h9-11,13-14,16,18,23H,8,12,15,17H2,1-7H3,(H,32,33). The number of nitrogens with zero attached hydrogens (tertiary/aromatic N) is 2. The van der Waals surface area contributed by atoms with E-state index >= 15 is 0 Å². The highest BCUT2D eigenvalue weighted by Gasteiger charge is 2.55. The number of aliphatic carboxylic acids is 1. The first-order valence-corrected chi connectivity index (χ1v) is 13.3. The van der Waals surface area contributed by atoms with Gasteiger partial charge in [0.25, 0.3) is 5.91 Å². The molecule has 2 heterocycles. The lowest BCUT2D eigenvalue weighted by Crippen LogP contribution is -2.54. The number of amides is 1. The van der Waals surface area contributed by atoms with E-state index in [-0.39, 0.29) is 30.3 Å². The second kappa shape index (κ2) is 11.1. The average molecular weight is 515 g/mol. The van der Waals surface area contributed by atoms with Crippen LogP contribution in [0.5, 0.6) is 5.75 Å². The maximum Gasteiger partial charge on any atom is 0.333 e. The van der Waals surface area contributed by atoms with Crippen LogP contribution in [-0.2, 0) is 14.9 Å². The predicted octanol–water partition coefficient (Wildman–Crippen LogP) is 5.87. The highest BCUT2D eigenvalue weighted by Crippen LogP contribution is 2.47. The number of thiazole rings is 1. The van der Waals surface area contributed by atoms with E-state index in [0.29, 0.717) is 22.9 Å². The number of ether oxygens (including phenoxy) is 2. The smallest absolute Gasteiger partial charge is 0.333 e. The summed E-state index contributed by atoms with van der Waals surface area (Å²) in [7, 11) is 1.58. The number of hydrogen-bond donors (Lipinski definition) is 1. The first kappa shape index (κ1) is 27.9. The van der Waals surface area contributed by atoms with Gasteiger partial charge in [-0.25, -0.2) is 9.78 Å². The summed E-state index contributed by atoms with van der Waals surface area (Å²) in [6, 6.07) is 4.75. The third-order valence-corrected chi connectivity index (χ3v) is 7.16. The molecule has 1 N–H and O–H groups in total. The van der Waals surface area contributed by atoms with Crippen LogP contribution in [0.3, 0.4) is 0 Å². The third kappa shape index (κ3) is 5.49. The van der Waals surface area contributed by atoms with Gasteiger partial charge in [-0.15, -0.1) is 11.3 Å². The molecule has 36 heavy (non-hydrogen) atoms. The van der Waals surface area contributed by atoms with Crippen LogP contribution in [0.15, 0.2) is 41.4 Å². The van der Waals surface area contributed by atoms with Gasteiger partial charge in [0.05, 0.1) is 13.7 Å². The molecule has 0 bridgehead atoms. The highest BCUT2D eigenvalue weighted by atomic mass is 32.1. The molecule has 0 aliphatic carbocycles. The molecule has 2 aromatic rings. The SMILES string of the molecule is CCCOCC1=CC(CC(C)C)(C(=O)O)N(C(=O)c2ccc(C(C)(C)C)c(OC)c2)C1c1nccs1. The van der Waals surface area contributed by atoms with Gasteiger partial charge in [-0.1, -0.05) is 47.6 Å². The monoisotopic (exact) mass is 514 g/mol. The fourth-order valence-corrected chi connectivity index (χ4v) is 5.63. The lowest BCUT2D eigenvalue weighted by Gasteiger charge is -2.39. The lowest BCUT2D eigenvalue weighted by atomic mass is 9.85. The number of aromatic nitrogens is 1.